The highest BCUT2D eigenvalue weighted by Gasteiger charge is 2.18. The zero-order chi connectivity index (χ0) is 17.4. The van der Waals surface area contributed by atoms with Crippen LogP contribution in [0.4, 0.5) is 10.5 Å². The van der Waals surface area contributed by atoms with Crippen LogP contribution in [0, 0.1) is 0 Å². The van der Waals surface area contributed by atoms with Crippen molar-refractivity contribution in [2.75, 3.05) is 11.9 Å². The third-order valence-corrected chi connectivity index (χ3v) is 3.79. The summed E-state index contributed by atoms with van der Waals surface area (Å²) in [6, 6.07) is 16.6. The molecule has 0 aliphatic heterocycles. The molecule has 2 amide bonds. The summed E-state index contributed by atoms with van der Waals surface area (Å²) >= 11 is 0. The normalized spacial score (nSPS) is 13.0. The minimum atomic E-state index is -0.909. The molecular formula is C19H24N2O3. The van der Waals surface area contributed by atoms with Crippen molar-refractivity contribution in [3.8, 4) is 5.75 Å². The van der Waals surface area contributed by atoms with Crippen LogP contribution in [0.15, 0.2) is 54.6 Å². The number of carbonyl (C=O) groups is 1. The zero-order valence-electron chi connectivity index (χ0n) is 14.1. The molecule has 3 N–H and O–H groups in total. The molecule has 2 rings (SSSR count). The van der Waals surface area contributed by atoms with Crippen molar-refractivity contribution in [1.29, 1.82) is 0 Å². The molecule has 0 aliphatic carbocycles. The average Bonchev–Trinajstić information content (AvgIpc) is 2.60. The van der Waals surface area contributed by atoms with Crippen LogP contribution in [0.2, 0.25) is 0 Å². The number of ether oxygens (including phenoxy) is 1. The molecule has 0 fully saturated rings. The van der Waals surface area contributed by atoms with E-state index in [9.17, 15) is 9.90 Å². The Morgan fingerprint density at radius 2 is 1.79 bits per heavy atom. The molecule has 0 saturated heterocycles. The van der Waals surface area contributed by atoms with Crippen molar-refractivity contribution >= 4 is 11.7 Å². The summed E-state index contributed by atoms with van der Waals surface area (Å²) < 4.78 is 5.73. The van der Waals surface area contributed by atoms with E-state index < -0.39 is 5.60 Å². The predicted molar refractivity (Wildman–Crippen MR) is 95.2 cm³/mol. The Balaban J connectivity index is 1.94. The molecule has 2 aromatic rings. The summed E-state index contributed by atoms with van der Waals surface area (Å²) in [7, 11) is 0. The second-order valence-corrected chi connectivity index (χ2v) is 5.92. The molecule has 0 heterocycles. The Labute approximate surface area is 142 Å². The summed E-state index contributed by atoms with van der Waals surface area (Å²) in [6.45, 7) is 4.11. The van der Waals surface area contributed by atoms with Crippen molar-refractivity contribution in [2.45, 2.75) is 32.5 Å². The molecule has 0 aliphatic rings. The molecule has 0 bridgehead atoms. The Morgan fingerprint density at radius 1 is 1.12 bits per heavy atom. The number of rotatable bonds is 7. The van der Waals surface area contributed by atoms with Crippen LogP contribution in [0.25, 0.3) is 0 Å². The van der Waals surface area contributed by atoms with Gasteiger partial charge in [-0.2, -0.15) is 0 Å². The van der Waals surface area contributed by atoms with E-state index in [2.05, 4.69) is 10.6 Å². The molecule has 128 valence electrons. The van der Waals surface area contributed by atoms with E-state index in [-0.39, 0.29) is 12.6 Å². The monoisotopic (exact) mass is 328 g/mol. The molecule has 1 atom stereocenters. The quantitative estimate of drug-likeness (QED) is 0.728. The summed E-state index contributed by atoms with van der Waals surface area (Å²) in [5.74, 6) is 0.774. The van der Waals surface area contributed by atoms with E-state index in [0.717, 1.165) is 11.3 Å². The molecule has 5 nitrogen and oxygen atoms in total. The SMILES string of the molecule is CC[C@](C)(O)CNC(=O)Nc1ccccc1COc1ccccc1. The Hall–Kier alpha value is -2.53. The van der Waals surface area contributed by atoms with Gasteiger partial charge in [-0.25, -0.2) is 4.79 Å². The minimum Gasteiger partial charge on any atom is -0.489 e. The van der Waals surface area contributed by atoms with Crippen molar-refractivity contribution in [3.05, 3.63) is 60.2 Å². The minimum absolute atomic E-state index is 0.192. The van der Waals surface area contributed by atoms with Gasteiger partial charge in [-0.1, -0.05) is 43.3 Å². The van der Waals surface area contributed by atoms with Crippen LogP contribution in [0.1, 0.15) is 25.8 Å². The molecule has 0 saturated carbocycles. The lowest BCUT2D eigenvalue weighted by atomic mass is 10.0. The van der Waals surface area contributed by atoms with E-state index in [0.29, 0.717) is 18.7 Å². The molecule has 2 aromatic carbocycles. The molecular weight excluding hydrogens is 304 g/mol. The highest BCUT2D eigenvalue weighted by Crippen LogP contribution is 2.18. The summed E-state index contributed by atoms with van der Waals surface area (Å²) in [4.78, 5) is 12.0. The summed E-state index contributed by atoms with van der Waals surface area (Å²) in [5, 5.41) is 15.4. The third kappa shape index (κ3) is 5.59. The van der Waals surface area contributed by atoms with Gasteiger partial charge < -0.3 is 20.5 Å². The van der Waals surface area contributed by atoms with Gasteiger partial charge in [0.25, 0.3) is 0 Å². The van der Waals surface area contributed by atoms with E-state index in [1.807, 2.05) is 61.5 Å². The number of benzene rings is 2. The van der Waals surface area contributed by atoms with E-state index in [4.69, 9.17) is 4.74 Å². The van der Waals surface area contributed by atoms with Crippen LogP contribution in [0.5, 0.6) is 5.75 Å². The highest BCUT2D eigenvalue weighted by atomic mass is 16.5. The average molecular weight is 328 g/mol. The number of nitrogens with one attached hydrogen (secondary N) is 2. The van der Waals surface area contributed by atoms with Crippen molar-refractivity contribution in [3.63, 3.8) is 0 Å². The number of hydrogen-bond donors (Lipinski definition) is 3. The maximum absolute atomic E-state index is 12.0. The van der Waals surface area contributed by atoms with Crippen LogP contribution < -0.4 is 15.4 Å². The number of aliphatic hydroxyl groups is 1. The standard InChI is InChI=1S/C19H24N2O3/c1-3-19(2,23)14-20-18(22)21-17-12-8-7-9-15(17)13-24-16-10-5-4-6-11-16/h4-12,23H,3,13-14H2,1-2H3,(H2,20,21,22)/t19-/m0/s1. The van der Waals surface area contributed by atoms with Gasteiger partial charge in [0.15, 0.2) is 0 Å². The van der Waals surface area contributed by atoms with Gasteiger partial charge in [-0.15, -0.1) is 0 Å². The third-order valence-electron chi connectivity index (χ3n) is 3.79. The number of hydrogen-bond acceptors (Lipinski definition) is 3. The first-order valence-electron chi connectivity index (χ1n) is 8.03. The molecule has 0 aromatic heterocycles. The number of carbonyl (C=O) groups excluding carboxylic acids is 1. The van der Waals surface area contributed by atoms with E-state index >= 15 is 0 Å². The maximum atomic E-state index is 12.0. The van der Waals surface area contributed by atoms with Crippen LogP contribution in [-0.4, -0.2) is 23.3 Å². The highest BCUT2D eigenvalue weighted by molar-refractivity contribution is 5.90. The van der Waals surface area contributed by atoms with Gasteiger partial charge in [-0.05, 0) is 31.5 Å². The van der Waals surface area contributed by atoms with Gasteiger partial charge in [0.2, 0.25) is 0 Å². The summed E-state index contributed by atoms with van der Waals surface area (Å²) in [5.41, 5.74) is 0.647. The topological polar surface area (TPSA) is 70.6 Å². The second kappa shape index (κ2) is 8.36. The van der Waals surface area contributed by atoms with Crippen LogP contribution in [0.3, 0.4) is 0 Å². The van der Waals surface area contributed by atoms with Crippen LogP contribution >= 0.6 is 0 Å². The van der Waals surface area contributed by atoms with Gasteiger partial charge >= 0.3 is 6.03 Å². The molecule has 24 heavy (non-hydrogen) atoms. The van der Waals surface area contributed by atoms with Gasteiger partial charge in [0, 0.05) is 17.8 Å². The molecule has 0 radical (unpaired) electrons. The first kappa shape index (κ1) is 17.8. The molecule has 5 heteroatoms. The Bertz CT molecular complexity index is 657. The number of anilines is 1. The number of urea groups is 1. The molecule has 0 spiro atoms. The van der Waals surface area contributed by atoms with Crippen molar-refractivity contribution in [2.24, 2.45) is 0 Å². The predicted octanol–water partition coefficient (Wildman–Crippen LogP) is 3.55. The fourth-order valence-electron chi connectivity index (χ4n) is 2.01. The van der Waals surface area contributed by atoms with Gasteiger partial charge in [0.05, 0.1) is 5.60 Å². The fourth-order valence-corrected chi connectivity index (χ4v) is 2.01. The van der Waals surface area contributed by atoms with Gasteiger partial charge in [0.1, 0.15) is 12.4 Å². The largest absolute Gasteiger partial charge is 0.489 e. The Kier molecular flexibility index (Phi) is 6.21. The first-order valence-corrected chi connectivity index (χ1v) is 8.03. The fraction of sp³-hybridized carbons (Fsp3) is 0.316. The van der Waals surface area contributed by atoms with Gasteiger partial charge in [-0.3, -0.25) is 0 Å². The first-order chi connectivity index (χ1) is 11.5. The van der Waals surface area contributed by atoms with E-state index in [1.165, 1.54) is 0 Å². The smallest absolute Gasteiger partial charge is 0.319 e. The van der Waals surface area contributed by atoms with E-state index in [1.54, 1.807) is 6.92 Å². The number of amides is 2. The number of para-hydroxylation sites is 2. The lowest BCUT2D eigenvalue weighted by Gasteiger charge is -2.22. The Morgan fingerprint density at radius 3 is 2.50 bits per heavy atom. The van der Waals surface area contributed by atoms with Crippen LogP contribution in [-0.2, 0) is 6.61 Å². The van der Waals surface area contributed by atoms with Crippen molar-refractivity contribution in [1.82, 2.24) is 5.32 Å². The second-order valence-electron chi connectivity index (χ2n) is 5.92. The maximum Gasteiger partial charge on any atom is 0.319 e. The molecule has 0 unspecified atom stereocenters. The lowest BCUT2D eigenvalue weighted by Crippen LogP contribution is -2.41. The zero-order valence-corrected chi connectivity index (χ0v) is 14.1. The van der Waals surface area contributed by atoms with Crippen molar-refractivity contribution < 1.29 is 14.6 Å². The summed E-state index contributed by atoms with van der Waals surface area (Å²) in [6.07, 6.45) is 0.564. The lowest BCUT2D eigenvalue weighted by molar-refractivity contribution is 0.0587.